The number of amides is 1. The molecule has 1 amide bonds. The van der Waals surface area contributed by atoms with E-state index in [1.165, 1.54) is 23.1 Å². The van der Waals surface area contributed by atoms with Crippen molar-refractivity contribution in [3.8, 4) is 0 Å². The second-order valence-corrected chi connectivity index (χ2v) is 8.34. The van der Waals surface area contributed by atoms with Crippen LogP contribution in [0.15, 0.2) is 48.5 Å². The van der Waals surface area contributed by atoms with E-state index in [0.717, 1.165) is 36.0 Å². The zero-order valence-corrected chi connectivity index (χ0v) is 16.2. The van der Waals surface area contributed by atoms with Crippen LogP contribution in [-0.2, 0) is 4.79 Å². The molecule has 1 aromatic heterocycles. The minimum Gasteiger partial charge on any atom is -0.368 e. The predicted molar refractivity (Wildman–Crippen MR) is 111 cm³/mol. The average molecular weight is 396 g/mol. The molecule has 0 N–H and O–H groups in total. The first-order valence-corrected chi connectivity index (χ1v) is 10.4. The van der Waals surface area contributed by atoms with Gasteiger partial charge in [0.05, 0.1) is 10.6 Å². The van der Waals surface area contributed by atoms with Crippen molar-refractivity contribution in [2.75, 3.05) is 49.1 Å². The number of nitrogens with zero attached hydrogens (tertiary/aromatic N) is 4. The molecule has 0 atom stereocenters. The summed E-state index contributed by atoms with van der Waals surface area (Å²) in [4.78, 5) is 23.6. The van der Waals surface area contributed by atoms with Gasteiger partial charge in [0.1, 0.15) is 11.3 Å². The van der Waals surface area contributed by atoms with Gasteiger partial charge in [-0.05, 0) is 24.3 Å². The van der Waals surface area contributed by atoms with Gasteiger partial charge in [-0.15, -0.1) is 0 Å². The molecule has 2 fully saturated rings. The quantitative estimate of drug-likeness (QED) is 0.682. The van der Waals surface area contributed by atoms with Gasteiger partial charge in [0, 0.05) is 45.0 Å². The van der Waals surface area contributed by atoms with Crippen LogP contribution in [0.2, 0.25) is 0 Å². The van der Waals surface area contributed by atoms with E-state index < -0.39 is 0 Å². The summed E-state index contributed by atoms with van der Waals surface area (Å²) >= 11 is 1.49. The second kappa shape index (κ2) is 7.05. The molecule has 0 bridgehead atoms. The number of halogens is 1. The first kappa shape index (κ1) is 17.4. The Morgan fingerprint density at radius 2 is 1.71 bits per heavy atom. The van der Waals surface area contributed by atoms with Crippen LogP contribution >= 0.6 is 11.3 Å². The van der Waals surface area contributed by atoms with Gasteiger partial charge in [0.15, 0.2) is 5.13 Å². The Hall–Kier alpha value is -2.67. The lowest BCUT2D eigenvalue weighted by molar-refractivity contribution is -0.136. The molecule has 0 radical (unpaired) electrons. The molecule has 5 rings (SSSR count). The van der Waals surface area contributed by atoms with Crippen molar-refractivity contribution in [1.29, 1.82) is 0 Å². The van der Waals surface area contributed by atoms with Crippen molar-refractivity contribution in [2.24, 2.45) is 5.92 Å². The molecule has 0 aliphatic carbocycles. The van der Waals surface area contributed by atoms with E-state index >= 15 is 0 Å². The molecule has 2 saturated heterocycles. The number of piperazine rings is 1. The number of para-hydroxylation sites is 2. The Morgan fingerprint density at radius 1 is 0.964 bits per heavy atom. The van der Waals surface area contributed by atoms with Crippen LogP contribution in [0.4, 0.5) is 15.2 Å². The van der Waals surface area contributed by atoms with Gasteiger partial charge in [-0.25, -0.2) is 9.37 Å². The van der Waals surface area contributed by atoms with E-state index in [1.807, 2.05) is 29.2 Å². The molecule has 0 spiro atoms. The SMILES string of the molecule is O=C(C1CN(c2nc3c(F)cccc3s2)C1)N1CCN(c2ccccc2)CC1. The summed E-state index contributed by atoms with van der Waals surface area (Å²) in [6.07, 6.45) is 0. The molecule has 2 aromatic carbocycles. The number of carbonyl (C=O) groups is 1. The normalized spacial score (nSPS) is 17.8. The van der Waals surface area contributed by atoms with Crippen molar-refractivity contribution < 1.29 is 9.18 Å². The highest BCUT2D eigenvalue weighted by Crippen LogP contribution is 2.34. The summed E-state index contributed by atoms with van der Waals surface area (Å²) < 4.78 is 14.7. The number of fused-ring (bicyclic) bond motifs is 1. The maximum Gasteiger partial charge on any atom is 0.229 e. The minimum atomic E-state index is -0.288. The van der Waals surface area contributed by atoms with Gasteiger partial charge < -0.3 is 14.7 Å². The standard InChI is InChI=1S/C21H21FN4OS/c22-17-7-4-8-18-19(17)23-21(28-18)26-13-15(14-26)20(27)25-11-9-24(10-12-25)16-5-2-1-3-6-16/h1-8,15H,9-14H2. The Labute approximate surface area is 167 Å². The number of carbonyl (C=O) groups excluding carboxylic acids is 1. The number of hydrogen-bond donors (Lipinski definition) is 0. The van der Waals surface area contributed by atoms with E-state index in [-0.39, 0.29) is 17.6 Å². The van der Waals surface area contributed by atoms with Crippen molar-refractivity contribution >= 4 is 38.3 Å². The fourth-order valence-electron chi connectivity index (χ4n) is 3.91. The zero-order chi connectivity index (χ0) is 19.1. The summed E-state index contributed by atoms with van der Waals surface area (Å²) in [5.41, 5.74) is 1.64. The van der Waals surface area contributed by atoms with Crippen molar-refractivity contribution in [1.82, 2.24) is 9.88 Å². The van der Waals surface area contributed by atoms with E-state index in [9.17, 15) is 9.18 Å². The van der Waals surface area contributed by atoms with Gasteiger partial charge in [0.2, 0.25) is 5.91 Å². The number of benzene rings is 2. The molecule has 5 nitrogen and oxygen atoms in total. The zero-order valence-electron chi connectivity index (χ0n) is 15.4. The third-order valence-electron chi connectivity index (χ3n) is 5.57. The summed E-state index contributed by atoms with van der Waals surface area (Å²) in [5.74, 6) is -0.0409. The van der Waals surface area contributed by atoms with E-state index in [1.54, 1.807) is 6.07 Å². The Balaban J connectivity index is 1.17. The highest BCUT2D eigenvalue weighted by Gasteiger charge is 2.37. The molecule has 144 valence electrons. The lowest BCUT2D eigenvalue weighted by Crippen LogP contribution is -2.58. The Kier molecular flexibility index (Phi) is 4.39. The predicted octanol–water partition coefficient (Wildman–Crippen LogP) is 3.22. The van der Waals surface area contributed by atoms with Gasteiger partial charge in [-0.1, -0.05) is 35.6 Å². The molecule has 28 heavy (non-hydrogen) atoms. The van der Waals surface area contributed by atoms with Crippen molar-refractivity contribution in [2.45, 2.75) is 0 Å². The molecule has 2 aliphatic rings. The van der Waals surface area contributed by atoms with Crippen LogP contribution in [0.3, 0.4) is 0 Å². The third kappa shape index (κ3) is 3.09. The van der Waals surface area contributed by atoms with Crippen LogP contribution in [0.1, 0.15) is 0 Å². The van der Waals surface area contributed by atoms with Crippen molar-refractivity contribution in [3.63, 3.8) is 0 Å². The van der Waals surface area contributed by atoms with E-state index in [0.29, 0.717) is 18.6 Å². The van der Waals surface area contributed by atoms with Gasteiger partial charge in [-0.3, -0.25) is 4.79 Å². The summed E-state index contributed by atoms with van der Waals surface area (Å²) in [6, 6.07) is 15.4. The summed E-state index contributed by atoms with van der Waals surface area (Å²) in [6.45, 7) is 4.58. The highest BCUT2D eigenvalue weighted by molar-refractivity contribution is 7.22. The molecule has 3 aromatic rings. The van der Waals surface area contributed by atoms with E-state index in [2.05, 4.69) is 26.9 Å². The minimum absolute atomic E-state index is 0.0140. The van der Waals surface area contributed by atoms with Crippen LogP contribution in [0.25, 0.3) is 10.2 Å². The number of anilines is 2. The maximum atomic E-state index is 13.8. The average Bonchev–Trinajstić information content (AvgIpc) is 3.13. The fourth-order valence-corrected chi connectivity index (χ4v) is 4.91. The number of thiazole rings is 1. The molecular formula is C21H21FN4OS. The molecule has 3 heterocycles. The molecule has 0 saturated carbocycles. The fraction of sp³-hybridized carbons (Fsp3) is 0.333. The highest BCUT2D eigenvalue weighted by atomic mass is 32.1. The van der Waals surface area contributed by atoms with Crippen LogP contribution < -0.4 is 9.80 Å². The smallest absolute Gasteiger partial charge is 0.229 e. The van der Waals surface area contributed by atoms with Crippen LogP contribution in [0.5, 0.6) is 0 Å². The van der Waals surface area contributed by atoms with Crippen LogP contribution in [-0.4, -0.2) is 55.1 Å². The van der Waals surface area contributed by atoms with Gasteiger partial charge in [0.25, 0.3) is 0 Å². The largest absolute Gasteiger partial charge is 0.368 e. The first-order valence-electron chi connectivity index (χ1n) is 9.58. The monoisotopic (exact) mass is 396 g/mol. The Morgan fingerprint density at radius 3 is 2.43 bits per heavy atom. The number of aromatic nitrogens is 1. The summed E-state index contributed by atoms with van der Waals surface area (Å²) in [7, 11) is 0. The lowest BCUT2D eigenvalue weighted by atomic mass is 9.99. The molecule has 2 aliphatic heterocycles. The third-order valence-corrected chi connectivity index (χ3v) is 6.65. The molecule has 7 heteroatoms. The maximum absolute atomic E-state index is 13.8. The first-order chi connectivity index (χ1) is 13.7. The lowest BCUT2D eigenvalue weighted by Gasteiger charge is -2.43. The number of hydrogen-bond acceptors (Lipinski definition) is 5. The van der Waals surface area contributed by atoms with Crippen molar-refractivity contribution in [3.05, 3.63) is 54.3 Å². The molecule has 0 unspecified atom stereocenters. The number of rotatable bonds is 3. The van der Waals surface area contributed by atoms with Gasteiger partial charge >= 0.3 is 0 Å². The topological polar surface area (TPSA) is 39.7 Å². The second-order valence-electron chi connectivity index (χ2n) is 7.33. The summed E-state index contributed by atoms with van der Waals surface area (Å²) in [5, 5.41) is 0.804. The molecular weight excluding hydrogens is 375 g/mol. The van der Waals surface area contributed by atoms with Gasteiger partial charge in [-0.2, -0.15) is 0 Å². The van der Waals surface area contributed by atoms with E-state index in [4.69, 9.17) is 0 Å². The van der Waals surface area contributed by atoms with Crippen LogP contribution in [0, 0.1) is 11.7 Å². The Bertz CT molecular complexity index is 994.